The lowest BCUT2D eigenvalue weighted by Gasteiger charge is -2.03. The van der Waals surface area contributed by atoms with Crippen LogP contribution >= 0.6 is 0 Å². The second-order valence-corrected chi connectivity index (χ2v) is 4.06. The van der Waals surface area contributed by atoms with Crippen LogP contribution in [-0.4, -0.2) is 20.8 Å². The van der Waals surface area contributed by atoms with Crippen molar-refractivity contribution in [1.82, 2.24) is 20.1 Å². The van der Waals surface area contributed by atoms with Crippen molar-refractivity contribution in [3.05, 3.63) is 24.5 Å². The van der Waals surface area contributed by atoms with Crippen LogP contribution < -0.4 is 5.32 Å². The first-order valence-electron chi connectivity index (χ1n) is 5.32. The zero-order chi connectivity index (χ0) is 11.5. The second kappa shape index (κ2) is 4.49. The molecule has 16 heavy (non-hydrogen) atoms. The van der Waals surface area contributed by atoms with Gasteiger partial charge in [0, 0.05) is 19.3 Å². The Kier molecular flexibility index (Phi) is 3.05. The van der Waals surface area contributed by atoms with Crippen LogP contribution in [-0.2, 0) is 13.6 Å². The average molecular weight is 220 g/mol. The number of aryl methyl sites for hydroxylation is 1. The molecule has 0 unspecified atom stereocenters. The van der Waals surface area contributed by atoms with E-state index in [1.54, 1.807) is 17.1 Å². The summed E-state index contributed by atoms with van der Waals surface area (Å²) < 4.78 is 7.35. The number of oxazole rings is 1. The highest BCUT2D eigenvalue weighted by molar-refractivity contribution is 5.53. The molecule has 0 saturated heterocycles. The Balaban J connectivity index is 2.07. The summed E-state index contributed by atoms with van der Waals surface area (Å²) in [5, 5.41) is 7.34. The van der Waals surface area contributed by atoms with E-state index in [9.17, 15) is 0 Å². The summed E-state index contributed by atoms with van der Waals surface area (Å²) in [6, 6.07) is 0.425. The molecule has 0 saturated carbocycles. The normalized spacial score (nSPS) is 11.2. The van der Waals surface area contributed by atoms with Crippen LogP contribution in [0.5, 0.6) is 0 Å². The van der Waals surface area contributed by atoms with E-state index >= 15 is 0 Å². The minimum absolute atomic E-state index is 0.425. The molecule has 5 heteroatoms. The third kappa shape index (κ3) is 2.49. The maximum absolute atomic E-state index is 5.61. The van der Waals surface area contributed by atoms with Gasteiger partial charge in [-0.3, -0.25) is 4.68 Å². The van der Waals surface area contributed by atoms with E-state index < -0.39 is 0 Å². The molecule has 0 spiro atoms. The first kappa shape index (κ1) is 10.9. The first-order chi connectivity index (χ1) is 7.65. The molecule has 1 N–H and O–H groups in total. The molecule has 0 aromatic carbocycles. The molecule has 2 rings (SSSR count). The molecule has 5 nitrogen and oxygen atoms in total. The Hall–Kier alpha value is -1.62. The Bertz CT molecular complexity index is 458. The van der Waals surface area contributed by atoms with Crippen LogP contribution in [0.4, 0.5) is 0 Å². The van der Waals surface area contributed by atoms with E-state index in [2.05, 4.69) is 29.2 Å². The van der Waals surface area contributed by atoms with Crippen LogP contribution in [0.15, 0.2) is 23.0 Å². The van der Waals surface area contributed by atoms with Gasteiger partial charge in [-0.05, 0) is 0 Å². The second-order valence-electron chi connectivity index (χ2n) is 4.06. The number of nitrogens with zero attached hydrogens (tertiary/aromatic N) is 3. The van der Waals surface area contributed by atoms with Gasteiger partial charge in [-0.15, -0.1) is 0 Å². The Morgan fingerprint density at radius 1 is 1.44 bits per heavy atom. The smallest absolute Gasteiger partial charge is 0.208 e. The predicted octanol–water partition coefficient (Wildman–Crippen LogP) is 1.57. The molecule has 0 fully saturated rings. The van der Waals surface area contributed by atoms with Gasteiger partial charge >= 0.3 is 0 Å². The molecular formula is C11H16N4O. The van der Waals surface area contributed by atoms with E-state index in [1.165, 1.54) is 0 Å². The van der Waals surface area contributed by atoms with Gasteiger partial charge in [0.05, 0.1) is 24.5 Å². The van der Waals surface area contributed by atoms with Crippen LogP contribution in [0.1, 0.15) is 19.7 Å². The van der Waals surface area contributed by atoms with Crippen molar-refractivity contribution < 1.29 is 4.42 Å². The van der Waals surface area contributed by atoms with Crippen molar-refractivity contribution in [2.45, 2.75) is 26.4 Å². The van der Waals surface area contributed by atoms with E-state index in [-0.39, 0.29) is 0 Å². The minimum atomic E-state index is 0.425. The SMILES string of the molecule is CC(C)NCc1ncc(-c2cnn(C)c2)o1. The average Bonchev–Trinajstić information content (AvgIpc) is 2.83. The summed E-state index contributed by atoms with van der Waals surface area (Å²) >= 11 is 0. The molecule has 0 aliphatic rings. The third-order valence-electron chi connectivity index (χ3n) is 2.20. The molecule has 0 amide bonds. The fourth-order valence-electron chi connectivity index (χ4n) is 1.37. The van der Waals surface area contributed by atoms with Gasteiger partial charge in [0.1, 0.15) is 0 Å². The van der Waals surface area contributed by atoms with Crippen molar-refractivity contribution in [2.75, 3.05) is 0 Å². The number of nitrogens with one attached hydrogen (secondary N) is 1. The molecule has 86 valence electrons. The maximum Gasteiger partial charge on any atom is 0.208 e. The molecule has 2 aromatic rings. The van der Waals surface area contributed by atoms with E-state index in [0.29, 0.717) is 18.5 Å². The van der Waals surface area contributed by atoms with Crippen LogP contribution in [0, 0.1) is 0 Å². The van der Waals surface area contributed by atoms with Gasteiger partial charge in [-0.1, -0.05) is 13.8 Å². The third-order valence-corrected chi connectivity index (χ3v) is 2.20. The standard InChI is InChI=1S/C11H16N4O/c1-8(2)12-6-11-13-5-10(16-11)9-4-14-15(3)7-9/h4-5,7-8,12H,6H2,1-3H3. The summed E-state index contributed by atoms with van der Waals surface area (Å²) in [6.07, 6.45) is 5.40. The van der Waals surface area contributed by atoms with Crippen molar-refractivity contribution in [2.24, 2.45) is 7.05 Å². The lowest BCUT2D eigenvalue weighted by molar-refractivity contribution is 0.459. The lowest BCUT2D eigenvalue weighted by atomic mass is 10.3. The molecule has 2 heterocycles. The topological polar surface area (TPSA) is 55.9 Å². The monoisotopic (exact) mass is 220 g/mol. The first-order valence-corrected chi connectivity index (χ1v) is 5.32. The Morgan fingerprint density at radius 2 is 2.25 bits per heavy atom. The van der Waals surface area contributed by atoms with Crippen LogP contribution in [0.3, 0.4) is 0 Å². The van der Waals surface area contributed by atoms with Gasteiger partial charge in [0.15, 0.2) is 5.76 Å². The molecule has 0 bridgehead atoms. The van der Waals surface area contributed by atoms with Crippen molar-refractivity contribution in [3.8, 4) is 11.3 Å². The van der Waals surface area contributed by atoms with Gasteiger partial charge in [-0.2, -0.15) is 5.10 Å². The largest absolute Gasteiger partial charge is 0.439 e. The number of aromatic nitrogens is 3. The highest BCUT2D eigenvalue weighted by atomic mass is 16.4. The van der Waals surface area contributed by atoms with E-state index in [1.807, 2.05) is 13.2 Å². The van der Waals surface area contributed by atoms with Gasteiger partial charge in [-0.25, -0.2) is 4.98 Å². The predicted molar refractivity (Wildman–Crippen MR) is 60.7 cm³/mol. The maximum atomic E-state index is 5.61. The number of rotatable bonds is 4. The summed E-state index contributed by atoms with van der Waals surface area (Å²) in [5.41, 5.74) is 0.950. The molecule has 0 aliphatic heterocycles. The zero-order valence-electron chi connectivity index (χ0n) is 9.77. The van der Waals surface area contributed by atoms with Crippen molar-refractivity contribution in [3.63, 3.8) is 0 Å². The molecule has 0 aliphatic carbocycles. The Labute approximate surface area is 94.5 Å². The van der Waals surface area contributed by atoms with E-state index in [0.717, 1.165) is 11.3 Å². The fraction of sp³-hybridized carbons (Fsp3) is 0.455. The highest BCUT2D eigenvalue weighted by Crippen LogP contribution is 2.18. The summed E-state index contributed by atoms with van der Waals surface area (Å²) in [5.74, 6) is 1.46. The van der Waals surface area contributed by atoms with Crippen LogP contribution in [0.25, 0.3) is 11.3 Å². The van der Waals surface area contributed by atoms with Gasteiger partial charge < -0.3 is 9.73 Å². The lowest BCUT2D eigenvalue weighted by Crippen LogP contribution is -2.21. The summed E-state index contributed by atoms with van der Waals surface area (Å²) in [4.78, 5) is 4.21. The molecule has 2 aromatic heterocycles. The van der Waals surface area contributed by atoms with E-state index in [4.69, 9.17) is 4.42 Å². The molecule has 0 atom stereocenters. The highest BCUT2D eigenvalue weighted by Gasteiger charge is 2.07. The number of hydrogen-bond donors (Lipinski definition) is 1. The van der Waals surface area contributed by atoms with Gasteiger partial charge in [0.25, 0.3) is 0 Å². The summed E-state index contributed by atoms with van der Waals surface area (Å²) in [6.45, 7) is 4.83. The van der Waals surface area contributed by atoms with Gasteiger partial charge in [0.2, 0.25) is 5.89 Å². The fourth-order valence-corrected chi connectivity index (χ4v) is 1.37. The molecular weight excluding hydrogens is 204 g/mol. The van der Waals surface area contributed by atoms with Crippen molar-refractivity contribution >= 4 is 0 Å². The number of hydrogen-bond acceptors (Lipinski definition) is 4. The summed E-state index contributed by atoms with van der Waals surface area (Å²) in [7, 11) is 1.88. The van der Waals surface area contributed by atoms with Crippen molar-refractivity contribution in [1.29, 1.82) is 0 Å². The van der Waals surface area contributed by atoms with Crippen LogP contribution in [0.2, 0.25) is 0 Å². The zero-order valence-corrected chi connectivity index (χ0v) is 9.77. The molecule has 0 radical (unpaired) electrons. The quantitative estimate of drug-likeness (QED) is 0.849. The minimum Gasteiger partial charge on any atom is -0.439 e. The Morgan fingerprint density at radius 3 is 2.88 bits per heavy atom.